The molecule has 1 fully saturated rings. The zero-order chi connectivity index (χ0) is 14.3. The second kappa shape index (κ2) is 4.20. The fourth-order valence-electron chi connectivity index (χ4n) is 1.52. The predicted molar refractivity (Wildman–Crippen MR) is 63.8 cm³/mol. The number of rotatable bonds is 3. The monoisotopic (exact) mass is 267 g/mol. The Bertz CT molecular complexity index is 524. The molecule has 19 heavy (non-hydrogen) atoms. The number of nitro benzene ring substituents is 1. The summed E-state index contributed by atoms with van der Waals surface area (Å²) in [5.41, 5.74) is -0.624. The van der Waals surface area contributed by atoms with Gasteiger partial charge in [-0.05, 0) is 26.0 Å². The van der Waals surface area contributed by atoms with Gasteiger partial charge in [0.25, 0.3) is 5.69 Å². The van der Waals surface area contributed by atoms with Crippen LogP contribution >= 0.6 is 0 Å². The molecule has 7 heteroatoms. The van der Waals surface area contributed by atoms with Crippen LogP contribution in [0.2, 0.25) is 0 Å². The van der Waals surface area contributed by atoms with Gasteiger partial charge in [0, 0.05) is 19.1 Å². The van der Waals surface area contributed by atoms with Crippen LogP contribution in [0, 0.1) is 10.1 Å². The zero-order valence-corrected chi connectivity index (χ0v) is 10.7. The zero-order valence-electron chi connectivity index (χ0n) is 10.7. The topological polar surface area (TPSA) is 91.2 Å². The third kappa shape index (κ3) is 2.65. The maximum absolute atomic E-state index is 11.5. The first-order valence-electron chi connectivity index (χ1n) is 5.59. The molecule has 1 atom stereocenters. The van der Waals surface area contributed by atoms with Gasteiger partial charge in [0.15, 0.2) is 0 Å². The Morgan fingerprint density at radius 3 is 2.21 bits per heavy atom. The fourth-order valence-corrected chi connectivity index (χ4v) is 1.52. The van der Waals surface area contributed by atoms with Crippen LogP contribution in [0.4, 0.5) is 10.5 Å². The summed E-state index contributed by atoms with van der Waals surface area (Å²) in [6.45, 7) is 5.20. The molecule has 0 radical (unpaired) electrons. The molecule has 0 bridgehead atoms. The van der Waals surface area contributed by atoms with Crippen molar-refractivity contribution in [3.8, 4) is 5.75 Å². The summed E-state index contributed by atoms with van der Waals surface area (Å²) in [5, 5.41) is 10.5. The highest BCUT2D eigenvalue weighted by Crippen LogP contribution is 2.48. The molecule has 102 valence electrons. The van der Waals surface area contributed by atoms with Crippen molar-refractivity contribution in [3.63, 3.8) is 0 Å². The first-order valence-corrected chi connectivity index (χ1v) is 5.59. The second-order valence-corrected chi connectivity index (χ2v) is 4.76. The standard InChI is InChI=1S/C12H13NO6/c1-11(2)12(3,19-11)18-10(14)17-9-6-4-8(5-7-9)13(15)16/h4-7H,1-3H3. The highest BCUT2D eigenvalue weighted by molar-refractivity contribution is 5.65. The number of nitrogens with zero attached hydrogens (tertiary/aromatic N) is 1. The van der Waals surface area contributed by atoms with Crippen LogP contribution in [0.3, 0.4) is 0 Å². The minimum absolute atomic E-state index is 0.0839. The van der Waals surface area contributed by atoms with Crippen LogP contribution in [0.25, 0.3) is 0 Å². The van der Waals surface area contributed by atoms with Gasteiger partial charge in [-0.2, -0.15) is 0 Å². The van der Waals surface area contributed by atoms with E-state index in [2.05, 4.69) is 0 Å². The molecule has 2 rings (SSSR count). The van der Waals surface area contributed by atoms with Crippen molar-refractivity contribution in [1.82, 2.24) is 0 Å². The van der Waals surface area contributed by atoms with E-state index in [1.807, 2.05) is 0 Å². The van der Waals surface area contributed by atoms with Crippen LogP contribution in [-0.2, 0) is 9.47 Å². The smallest absolute Gasteiger partial charge is 0.398 e. The third-order valence-corrected chi connectivity index (χ3v) is 3.03. The molecule has 1 aliphatic heterocycles. The minimum Gasteiger partial charge on any atom is -0.398 e. The molecule has 1 aliphatic rings. The first-order chi connectivity index (χ1) is 8.73. The number of nitro groups is 1. The molecule has 0 saturated carbocycles. The predicted octanol–water partition coefficient (Wildman–Crippen LogP) is 2.64. The molecular formula is C12H13NO6. The lowest BCUT2D eigenvalue weighted by molar-refractivity contribution is -0.384. The largest absolute Gasteiger partial charge is 0.516 e. The van der Waals surface area contributed by atoms with E-state index in [1.165, 1.54) is 24.3 Å². The lowest BCUT2D eigenvalue weighted by Gasteiger charge is -2.10. The summed E-state index contributed by atoms with van der Waals surface area (Å²) in [4.78, 5) is 21.4. The summed E-state index contributed by atoms with van der Waals surface area (Å²) in [5.74, 6) is -0.831. The Balaban J connectivity index is 1.94. The van der Waals surface area contributed by atoms with Crippen molar-refractivity contribution in [2.24, 2.45) is 0 Å². The van der Waals surface area contributed by atoms with Crippen molar-refractivity contribution in [2.75, 3.05) is 0 Å². The molecular weight excluding hydrogens is 254 g/mol. The second-order valence-electron chi connectivity index (χ2n) is 4.76. The maximum atomic E-state index is 11.5. The average Bonchev–Trinajstić information content (AvgIpc) is 2.76. The van der Waals surface area contributed by atoms with Gasteiger partial charge in [0.1, 0.15) is 11.4 Å². The number of non-ortho nitro benzene ring substituents is 1. The molecule has 0 aliphatic carbocycles. The summed E-state index contributed by atoms with van der Waals surface area (Å²) >= 11 is 0. The lowest BCUT2D eigenvalue weighted by atomic mass is 10.1. The Morgan fingerprint density at radius 2 is 1.79 bits per heavy atom. The van der Waals surface area contributed by atoms with E-state index in [0.29, 0.717) is 0 Å². The van der Waals surface area contributed by atoms with E-state index in [4.69, 9.17) is 14.2 Å². The summed E-state index contributed by atoms with van der Waals surface area (Å²) in [6.07, 6.45) is -0.915. The Hall–Kier alpha value is -2.15. The number of ether oxygens (including phenoxy) is 3. The normalized spacial score (nSPS) is 23.5. The summed E-state index contributed by atoms with van der Waals surface area (Å²) in [6, 6.07) is 5.12. The third-order valence-electron chi connectivity index (χ3n) is 3.03. The molecule has 0 aromatic heterocycles. The Labute approximate surface area is 109 Å². The SMILES string of the molecule is CC1(C)OC1(C)OC(=O)Oc1ccc([N+](=O)[O-])cc1. The summed E-state index contributed by atoms with van der Waals surface area (Å²) < 4.78 is 15.2. The highest BCUT2D eigenvalue weighted by Gasteiger charge is 2.64. The van der Waals surface area contributed by atoms with Crippen molar-refractivity contribution < 1.29 is 23.9 Å². The number of hydrogen-bond acceptors (Lipinski definition) is 6. The molecule has 0 spiro atoms. The van der Waals surface area contributed by atoms with Crippen LogP contribution in [0.15, 0.2) is 24.3 Å². The van der Waals surface area contributed by atoms with Crippen LogP contribution < -0.4 is 4.74 Å². The van der Waals surface area contributed by atoms with Crippen molar-refractivity contribution in [1.29, 1.82) is 0 Å². The molecule has 0 N–H and O–H groups in total. The van der Waals surface area contributed by atoms with Gasteiger partial charge in [0.2, 0.25) is 5.79 Å². The van der Waals surface area contributed by atoms with E-state index in [9.17, 15) is 14.9 Å². The quantitative estimate of drug-likeness (QED) is 0.275. The minimum atomic E-state index is -0.995. The van der Waals surface area contributed by atoms with E-state index in [1.54, 1.807) is 20.8 Å². The molecule has 1 unspecified atom stereocenters. The van der Waals surface area contributed by atoms with Gasteiger partial charge in [-0.25, -0.2) is 4.79 Å². The number of carbonyl (C=O) groups is 1. The van der Waals surface area contributed by atoms with Crippen LogP contribution in [0.1, 0.15) is 20.8 Å². The van der Waals surface area contributed by atoms with Gasteiger partial charge >= 0.3 is 6.16 Å². The average molecular weight is 267 g/mol. The van der Waals surface area contributed by atoms with Crippen LogP contribution in [-0.4, -0.2) is 22.5 Å². The van der Waals surface area contributed by atoms with Gasteiger partial charge in [0.05, 0.1) is 4.92 Å². The molecule has 1 heterocycles. The van der Waals surface area contributed by atoms with Gasteiger partial charge in [-0.15, -0.1) is 0 Å². The number of hydrogen-bond donors (Lipinski definition) is 0. The van der Waals surface area contributed by atoms with Gasteiger partial charge in [-0.3, -0.25) is 10.1 Å². The van der Waals surface area contributed by atoms with Crippen molar-refractivity contribution in [3.05, 3.63) is 34.4 Å². The van der Waals surface area contributed by atoms with Crippen molar-refractivity contribution >= 4 is 11.8 Å². The van der Waals surface area contributed by atoms with E-state index < -0.39 is 22.5 Å². The van der Waals surface area contributed by atoms with Gasteiger partial charge < -0.3 is 14.2 Å². The van der Waals surface area contributed by atoms with E-state index in [0.717, 1.165) is 0 Å². The van der Waals surface area contributed by atoms with Crippen molar-refractivity contribution in [2.45, 2.75) is 32.2 Å². The number of epoxide rings is 1. The molecule has 1 aromatic carbocycles. The van der Waals surface area contributed by atoms with Crippen LogP contribution in [0.5, 0.6) is 5.75 Å². The summed E-state index contributed by atoms with van der Waals surface area (Å²) in [7, 11) is 0. The van der Waals surface area contributed by atoms with E-state index >= 15 is 0 Å². The molecule has 7 nitrogen and oxygen atoms in total. The van der Waals surface area contributed by atoms with Gasteiger partial charge in [-0.1, -0.05) is 0 Å². The highest BCUT2D eigenvalue weighted by atomic mass is 16.9. The molecule has 1 aromatic rings. The van der Waals surface area contributed by atoms with E-state index in [-0.39, 0.29) is 11.4 Å². The molecule has 1 saturated heterocycles. The fraction of sp³-hybridized carbons (Fsp3) is 0.417. The number of benzene rings is 1. The molecule has 0 amide bonds. The maximum Gasteiger partial charge on any atom is 0.516 e. The number of carbonyl (C=O) groups excluding carboxylic acids is 1. The first kappa shape index (κ1) is 13.3. The Morgan fingerprint density at radius 1 is 1.26 bits per heavy atom. The lowest BCUT2D eigenvalue weighted by Crippen LogP contribution is -2.26. The Kier molecular flexibility index (Phi) is 2.94.